The molecule has 1 rings (SSSR count). The monoisotopic (exact) mass is 267 g/mol. The molecule has 108 valence electrons. The Hall–Kier alpha value is -0.290. The SMILES string of the molecule is CCCC(C)(CCOCC(F)(F)F)CNC1CC1. The van der Waals surface area contributed by atoms with Crippen molar-refractivity contribution in [2.75, 3.05) is 19.8 Å². The molecule has 0 aliphatic heterocycles. The van der Waals surface area contributed by atoms with E-state index in [2.05, 4.69) is 19.2 Å². The Morgan fingerprint density at radius 3 is 2.39 bits per heavy atom. The summed E-state index contributed by atoms with van der Waals surface area (Å²) in [5.41, 5.74) is 0.0446. The van der Waals surface area contributed by atoms with Crippen molar-refractivity contribution in [3.63, 3.8) is 0 Å². The third-order valence-corrected chi connectivity index (χ3v) is 3.36. The first-order chi connectivity index (χ1) is 8.35. The fourth-order valence-electron chi connectivity index (χ4n) is 2.09. The van der Waals surface area contributed by atoms with Crippen LogP contribution >= 0.6 is 0 Å². The Kier molecular flexibility index (Phi) is 5.92. The Morgan fingerprint density at radius 2 is 1.89 bits per heavy atom. The highest BCUT2D eigenvalue weighted by molar-refractivity contribution is 4.85. The maximum absolute atomic E-state index is 11.9. The molecule has 1 aliphatic carbocycles. The van der Waals surface area contributed by atoms with Gasteiger partial charge >= 0.3 is 6.18 Å². The van der Waals surface area contributed by atoms with E-state index in [4.69, 9.17) is 4.74 Å². The predicted molar refractivity (Wildman–Crippen MR) is 65.5 cm³/mol. The summed E-state index contributed by atoms with van der Waals surface area (Å²) in [6.45, 7) is 4.16. The summed E-state index contributed by atoms with van der Waals surface area (Å²) in [6.07, 6.45) is 0.980. The molecule has 18 heavy (non-hydrogen) atoms. The Bertz CT molecular complexity index is 241. The van der Waals surface area contributed by atoms with Gasteiger partial charge in [-0.3, -0.25) is 0 Å². The van der Waals surface area contributed by atoms with Crippen LogP contribution in [0.3, 0.4) is 0 Å². The van der Waals surface area contributed by atoms with Crippen molar-refractivity contribution in [3.8, 4) is 0 Å². The lowest BCUT2D eigenvalue weighted by atomic mass is 9.82. The molecule has 1 aliphatic rings. The second-order valence-electron chi connectivity index (χ2n) is 5.63. The van der Waals surface area contributed by atoms with Gasteiger partial charge in [-0.25, -0.2) is 0 Å². The summed E-state index contributed by atoms with van der Waals surface area (Å²) >= 11 is 0. The van der Waals surface area contributed by atoms with Crippen molar-refractivity contribution in [1.29, 1.82) is 0 Å². The van der Waals surface area contributed by atoms with Crippen LogP contribution in [0, 0.1) is 5.41 Å². The van der Waals surface area contributed by atoms with E-state index in [-0.39, 0.29) is 12.0 Å². The lowest BCUT2D eigenvalue weighted by Crippen LogP contribution is -2.34. The molecule has 0 bridgehead atoms. The maximum atomic E-state index is 11.9. The predicted octanol–water partition coefficient (Wildman–Crippen LogP) is 3.51. The molecular weight excluding hydrogens is 243 g/mol. The zero-order valence-corrected chi connectivity index (χ0v) is 11.3. The number of alkyl halides is 3. The van der Waals surface area contributed by atoms with E-state index in [9.17, 15) is 13.2 Å². The summed E-state index contributed by atoms with van der Waals surface area (Å²) in [6, 6.07) is 0.636. The molecule has 0 spiro atoms. The summed E-state index contributed by atoms with van der Waals surface area (Å²) in [5.74, 6) is 0. The number of rotatable bonds is 9. The molecule has 1 saturated carbocycles. The maximum Gasteiger partial charge on any atom is 0.411 e. The molecule has 1 unspecified atom stereocenters. The normalized spacial score (nSPS) is 19.8. The fourth-order valence-corrected chi connectivity index (χ4v) is 2.09. The molecule has 2 nitrogen and oxygen atoms in total. The summed E-state index contributed by atoms with van der Waals surface area (Å²) in [5, 5.41) is 3.46. The van der Waals surface area contributed by atoms with Crippen molar-refractivity contribution in [2.24, 2.45) is 5.41 Å². The minimum absolute atomic E-state index is 0.0446. The van der Waals surface area contributed by atoms with Gasteiger partial charge in [0.2, 0.25) is 0 Å². The van der Waals surface area contributed by atoms with E-state index in [1.165, 1.54) is 12.8 Å². The largest absolute Gasteiger partial charge is 0.411 e. The minimum atomic E-state index is -4.21. The molecule has 0 aromatic carbocycles. The van der Waals surface area contributed by atoms with Gasteiger partial charge in [0.05, 0.1) is 0 Å². The summed E-state index contributed by atoms with van der Waals surface area (Å²) in [7, 11) is 0. The second kappa shape index (κ2) is 6.75. The van der Waals surface area contributed by atoms with E-state index >= 15 is 0 Å². The third-order valence-electron chi connectivity index (χ3n) is 3.36. The van der Waals surface area contributed by atoms with Gasteiger partial charge in [-0.2, -0.15) is 13.2 Å². The van der Waals surface area contributed by atoms with Gasteiger partial charge in [0.25, 0.3) is 0 Å². The fraction of sp³-hybridized carbons (Fsp3) is 1.00. The first-order valence-electron chi connectivity index (χ1n) is 6.72. The van der Waals surface area contributed by atoms with Gasteiger partial charge in [0, 0.05) is 19.2 Å². The molecule has 0 saturated heterocycles. The Morgan fingerprint density at radius 1 is 1.22 bits per heavy atom. The van der Waals surface area contributed by atoms with E-state index in [0.717, 1.165) is 19.4 Å². The molecule has 1 fully saturated rings. The van der Waals surface area contributed by atoms with Gasteiger partial charge in [0.15, 0.2) is 0 Å². The van der Waals surface area contributed by atoms with Gasteiger partial charge in [0.1, 0.15) is 6.61 Å². The molecule has 0 aromatic heterocycles. The molecule has 1 atom stereocenters. The van der Waals surface area contributed by atoms with Crippen molar-refractivity contribution in [1.82, 2.24) is 5.32 Å². The molecule has 1 N–H and O–H groups in total. The average molecular weight is 267 g/mol. The van der Waals surface area contributed by atoms with Crippen LogP contribution in [-0.4, -0.2) is 32.0 Å². The Balaban J connectivity index is 2.22. The van der Waals surface area contributed by atoms with Crippen LogP contribution in [0.5, 0.6) is 0 Å². The van der Waals surface area contributed by atoms with E-state index < -0.39 is 12.8 Å². The van der Waals surface area contributed by atoms with Crippen molar-refractivity contribution in [3.05, 3.63) is 0 Å². The van der Waals surface area contributed by atoms with Crippen LogP contribution in [0.2, 0.25) is 0 Å². The zero-order chi connectivity index (χ0) is 13.6. The highest BCUT2D eigenvalue weighted by Crippen LogP contribution is 2.29. The standard InChI is InChI=1S/C13H24F3NO/c1-3-6-12(2,9-17-11-4-5-11)7-8-18-10-13(14,15)16/h11,17H,3-10H2,1-2H3. The molecule has 0 heterocycles. The van der Waals surface area contributed by atoms with Gasteiger partial charge in [-0.05, 0) is 31.1 Å². The lowest BCUT2D eigenvalue weighted by Gasteiger charge is -2.30. The smallest absolute Gasteiger partial charge is 0.372 e. The number of ether oxygens (including phenoxy) is 1. The van der Waals surface area contributed by atoms with E-state index in [1.807, 2.05) is 0 Å². The zero-order valence-electron chi connectivity index (χ0n) is 11.3. The van der Waals surface area contributed by atoms with Crippen LogP contribution < -0.4 is 5.32 Å². The molecule has 0 amide bonds. The van der Waals surface area contributed by atoms with Crippen LogP contribution in [0.1, 0.15) is 46.0 Å². The second-order valence-corrected chi connectivity index (χ2v) is 5.63. The molecule has 5 heteroatoms. The Labute approximate surface area is 107 Å². The van der Waals surface area contributed by atoms with Crippen LogP contribution in [0.25, 0.3) is 0 Å². The van der Waals surface area contributed by atoms with Crippen molar-refractivity contribution in [2.45, 2.75) is 58.2 Å². The molecular formula is C13H24F3NO. The highest BCUT2D eigenvalue weighted by atomic mass is 19.4. The van der Waals surface area contributed by atoms with Crippen LogP contribution in [-0.2, 0) is 4.74 Å². The van der Waals surface area contributed by atoms with Gasteiger partial charge in [-0.15, -0.1) is 0 Å². The highest BCUT2D eigenvalue weighted by Gasteiger charge is 2.30. The third kappa shape index (κ3) is 7.21. The van der Waals surface area contributed by atoms with Crippen LogP contribution in [0.15, 0.2) is 0 Å². The number of hydrogen-bond acceptors (Lipinski definition) is 2. The number of halogens is 3. The van der Waals surface area contributed by atoms with E-state index in [1.54, 1.807) is 0 Å². The van der Waals surface area contributed by atoms with Crippen molar-refractivity contribution >= 4 is 0 Å². The topological polar surface area (TPSA) is 21.3 Å². The van der Waals surface area contributed by atoms with Crippen LogP contribution in [0.4, 0.5) is 13.2 Å². The number of hydrogen-bond donors (Lipinski definition) is 1. The molecule has 0 aromatic rings. The lowest BCUT2D eigenvalue weighted by molar-refractivity contribution is -0.175. The average Bonchev–Trinajstić information content (AvgIpc) is 3.05. The summed E-state index contributed by atoms with van der Waals surface area (Å²) in [4.78, 5) is 0. The summed E-state index contributed by atoms with van der Waals surface area (Å²) < 4.78 is 40.6. The van der Waals surface area contributed by atoms with Gasteiger partial charge < -0.3 is 10.1 Å². The van der Waals surface area contributed by atoms with Crippen molar-refractivity contribution < 1.29 is 17.9 Å². The first kappa shape index (κ1) is 15.8. The van der Waals surface area contributed by atoms with E-state index in [0.29, 0.717) is 12.5 Å². The van der Waals surface area contributed by atoms with Gasteiger partial charge in [-0.1, -0.05) is 20.3 Å². The minimum Gasteiger partial charge on any atom is -0.372 e. The number of nitrogens with one attached hydrogen (secondary N) is 1. The quantitative estimate of drug-likeness (QED) is 0.645. The first-order valence-corrected chi connectivity index (χ1v) is 6.72. The molecule has 0 radical (unpaired) electrons.